The number of nitro benzene ring substituents is 1. The third kappa shape index (κ3) is 4.15. The van der Waals surface area contributed by atoms with Crippen molar-refractivity contribution in [1.82, 2.24) is 4.57 Å². The van der Waals surface area contributed by atoms with Crippen molar-refractivity contribution in [2.45, 2.75) is 26.8 Å². The second kappa shape index (κ2) is 9.06. The number of nitro groups is 1. The zero-order valence-corrected chi connectivity index (χ0v) is 19.5. The number of hydrogen-bond acceptors (Lipinski definition) is 8. The number of benzene rings is 2. The SMILES string of the molecule is CCOC(=O)C1=C(C)N=c2s/c(=C\c3cc([N+](=O)[O-])ccc3O)c(=O)n2[C@@H]1c1ccc(C)cc1. The first-order valence-electron chi connectivity index (χ1n) is 10.4. The van der Waals surface area contributed by atoms with E-state index in [1.807, 2.05) is 31.2 Å². The number of phenols is 1. The van der Waals surface area contributed by atoms with Crippen molar-refractivity contribution < 1.29 is 19.6 Å². The van der Waals surface area contributed by atoms with E-state index in [2.05, 4.69) is 4.99 Å². The molecule has 4 rings (SSSR count). The number of allylic oxidation sites excluding steroid dienone is 1. The highest BCUT2D eigenvalue weighted by molar-refractivity contribution is 7.07. The molecule has 1 aliphatic rings. The number of esters is 1. The lowest BCUT2D eigenvalue weighted by molar-refractivity contribution is -0.384. The van der Waals surface area contributed by atoms with Gasteiger partial charge in [-0.15, -0.1) is 0 Å². The Hall–Kier alpha value is -4.05. The second-order valence-corrected chi connectivity index (χ2v) is 8.72. The molecule has 1 N–H and O–H groups in total. The minimum Gasteiger partial charge on any atom is -0.507 e. The van der Waals surface area contributed by atoms with E-state index in [4.69, 9.17) is 4.74 Å². The van der Waals surface area contributed by atoms with Gasteiger partial charge < -0.3 is 9.84 Å². The van der Waals surface area contributed by atoms with Gasteiger partial charge in [0.15, 0.2) is 4.80 Å². The monoisotopic (exact) mass is 479 g/mol. The lowest BCUT2D eigenvalue weighted by Gasteiger charge is -2.24. The number of aromatic nitrogens is 1. The molecule has 1 atom stereocenters. The van der Waals surface area contributed by atoms with Crippen LogP contribution in [0.2, 0.25) is 0 Å². The summed E-state index contributed by atoms with van der Waals surface area (Å²) in [6.45, 7) is 5.51. The van der Waals surface area contributed by atoms with Gasteiger partial charge in [0.25, 0.3) is 11.2 Å². The van der Waals surface area contributed by atoms with E-state index in [1.165, 1.54) is 28.8 Å². The zero-order valence-electron chi connectivity index (χ0n) is 18.6. The van der Waals surface area contributed by atoms with Crippen molar-refractivity contribution >= 4 is 29.1 Å². The maximum Gasteiger partial charge on any atom is 0.338 e. The summed E-state index contributed by atoms with van der Waals surface area (Å²) in [5.74, 6) is -0.755. The molecule has 2 aromatic carbocycles. The van der Waals surface area contributed by atoms with Crippen LogP contribution in [-0.4, -0.2) is 27.2 Å². The molecule has 1 aliphatic heterocycles. The van der Waals surface area contributed by atoms with Gasteiger partial charge in [-0.25, -0.2) is 9.79 Å². The van der Waals surface area contributed by atoms with Gasteiger partial charge in [-0.05, 0) is 38.5 Å². The molecule has 1 aromatic heterocycles. The van der Waals surface area contributed by atoms with Crippen molar-refractivity contribution in [2.24, 2.45) is 4.99 Å². The highest BCUT2D eigenvalue weighted by atomic mass is 32.1. The van der Waals surface area contributed by atoms with Gasteiger partial charge in [0, 0.05) is 17.7 Å². The molecular weight excluding hydrogens is 458 g/mol. The Kier molecular flexibility index (Phi) is 6.16. The second-order valence-electron chi connectivity index (χ2n) is 7.71. The van der Waals surface area contributed by atoms with Crippen LogP contribution in [-0.2, 0) is 9.53 Å². The summed E-state index contributed by atoms with van der Waals surface area (Å²) in [7, 11) is 0. The minimum atomic E-state index is -0.753. The Morgan fingerprint density at radius 3 is 2.62 bits per heavy atom. The minimum absolute atomic E-state index is 0.132. The van der Waals surface area contributed by atoms with E-state index >= 15 is 0 Å². The van der Waals surface area contributed by atoms with Crippen molar-refractivity contribution in [3.05, 3.63) is 100 Å². The summed E-state index contributed by atoms with van der Waals surface area (Å²) in [6, 6.07) is 10.3. The van der Waals surface area contributed by atoms with E-state index in [0.717, 1.165) is 16.9 Å². The molecule has 0 saturated heterocycles. The quantitative estimate of drug-likeness (QED) is 0.341. The van der Waals surface area contributed by atoms with Gasteiger partial charge in [-0.3, -0.25) is 19.5 Å². The molecule has 9 nitrogen and oxygen atoms in total. The predicted molar refractivity (Wildman–Crippen MR) is 126 cm³/mol. The summed E-state index contributed by atoms with van der Waals surface area (Å²) in [5, 5.41) is 21.3. The molecule has 0 fully saturated rings. The molecule has 2 heterocycles. The molecule has 3 aromatic rings. The van der Waals surface area contributed by atoms with Crippen LogP contribution in [0.25, 0.3) is 6.08 Å². The van der Waals surface area contributed by atoms with Crippen molar-refractivity contribution in [3.8, 4) is 5.75 Å². The number of non-ortho nitro benzene ring substituents is 1. The Morgan fingerprint density at radius 1 is 1.26 bits per heavy atom. The van der Waals surface area contributed by atoms with Crippen molar-refractivity contribution in [1.29, 1.82) is 0 Å². The van der Waals surface area contributed by atoms with Gasteiger partial charge in [0.1, 0.15) is 5.75 Å². The lowest BCUT2D eigenvalue weighted by atomic mass is 9.95. The average molecular weight is 480 g/mol. The van der Waals surface area contributed by atoms with Crippen LogP contribution < -0.4 is 14.9 Å². The lowest BCUT2D eigenvalue weighted by Crippen LogP contribution is -2.39. The standard InChI is InChI=1S/C24H21N3O6S/c1-4-33-23(30)20-14(3)25-24-26(21(20)15-7-5-13(2)6-8-15)22(29)19(34-24)12-16-11-17(27(31)32)9-10-18(16)28/h5-12,21,28H,4H2,1-3H3/b19-12-/t21-/m1/s1. The van der Waals surface area contributed by atoms with Crippen molar-refractivity contribution in [2.75, 3.05) is 6.61 Å². The molecule has 10 heteroatoms. The van der Waals surface area contributed by atoms with Crippen LogP contribution in [0.4, 0.5) is 5.69 Å². The summed E-state index contributed by atoms with van der Waals surface area (Å²) in [6.07, 6.45) is 1.39. The Bertz CT molecular complexity index is 1520. The topological polar surface area (TPSA) is 124 Å². The number of aromatic hydroxyl groups is 1. The Labute approximate surface area is 197 Å². The van der Waals surface area contributed by atoms with Crippen LogP contribution in [0.15, 0.2) is 63.5 Å². The van der Waals surface area contributed by atoms with Crippen LogP contribution in [0.1, 0.15) is 36.6 Å². The number of carbonyl (C=O) groups is 1. The summed E-state index contributed by atoms with van der Waals surface area (Å²) in [5.41, 5.74) is 1.93. The number of ether oxygens (including phenoxy) is 1. The molecule has 0 radical (unpaired) electrons. The van der Waals surface area contributed by atoms with E-state index in [-0.39, 0.29) is 33.7 Å². The zero-order chi connectivity index (χ0) is 24.6. The Morgan fingerprint density at radius 2 is 1.97 bits per heavy atom. The fourth-order valence-electron chi connectivity index (χ4n) is 3.77. The fraction of sp³-hybridized carbons (Fsp3) is 0.208. The van der Waals surface area contributed by atoms with Crippen molar-refractivity contribution in [3.63, 3.8) is 0 Å². The number of rotatable bonds is 5. The number of nitrogens with zero attached hydrogens (tertiary/aromatic N) is 3. The number of carbonyl (C=O) groups excluding carboxylic acids is 1. The predicted octanol–water partition coefficient (Wildman–Crippen LogP) is 2.72. The molecule has 0 unspecified atom stereocenters. The van der Waals surface area contributed by atoms with Crippen LogP contribution >= 0.6 is 11.3 Å². The molecule has 0 aliphatic carbocycles. The van der Waals surface area contributed by atoms with Gasteiger partial charge in [-0.2, -0.15) is 0 Å². The first kappa shape index (κ1) is 23.1. The van der Waals surface area contributed by atoms with Crippen LogP contribution in [0, 0.1) is 17.0 Å². The molecule has 34 heavy (non-hydrogen) atoms. The largest absolute Gasteiger partial charge is 0.507 e. The average Bonchev–Trinajstić information content (AvgIpc) is 3.09. The number of fused-ring (bicyclic) bond motifs is 1. The summed E-state index contributed by atoms with van der Waals surface area (Å²) < 4.78 is 6.90. The number of thiazole rings is 1. The summed E-state index contributed by atoms with van der Waals surface area (Å²) in [4.78, 5) is 41.8. The van der Waals surface area contributed by atoms with Crippen LogP contribution in [0.3, 0.4) is 0 Å². The van der Waals surface area contributed by atoms with E-state index in [0.29, 0.717) is 16.1 Å². The number of phenolic OH excluding ortho intramolecular Hbond substituents is 1. The van der Waals surface area contributed by atoms with Gasteiger partial charge >= 0.3 is 5.97 Å². The normalized spacial score (nSPS) is 15.6. The molecular formula is C24H21N3O6S. The maximum atomic E-state index is 13.5. The number of hydrogen-bond donors (Lipinski definition) is 1. The highest BCUT2D eigenvalue weighted by Gasteiger charge is 2.33. The van der Waals surface area contributed by atoms with Crippen LogP contribution in [0.5, 0.6) is 5.75 Å². The third-order valence-corrected chi connectivity index (χ3v) is 6.40. The van der Waals surface area contributed by atoms with E-state index in [9.17, 15) is 24.8 Å². The molecule has 0 bridgehead atoms. The van der Waals surface area contributed by atoms with E-state index in [1.54, 1.807) is 13.8 Å². The number of aryl methyl sites for hydroxylation is 1. The third-order valence-electron chi connectivity index (χ3n) is 5.42. The van der Waals surface area contributed by atoms with Gasteiger partial charge in [0.2, 0.25) is 0 Å². The Balaban J connectivity index is 1.96. The maximum absolute atomic E-state index is 13.5. The first-order valence-corrected chi connectivity index (χ1v) is 11.3. The van der Waals surface area contributed by atoms with Gasteiger partial charge in [0.05, 0.1) is 33.4 Å². The highest BCUT2D eigenvalue weighted by Crippen LogP contribution is 2.31. The molecule has 174 valence electrons. The smallest absolute Gasteiger partial charge is 0.338 e. The molecule has 0 spiro atoms. The molecule has 0 saturated carbocycles. The summed E-state index contributed by atoms with van der Waals surface area (Å²) >= 11 is 1.07. The van der Waals surface area contributed by atoms with Gasteiger partial charge in [-0.1, -0.05) is 41.2 Å². The first-order chi connectivity index (χ1) is 16.2. The van der Waals surface area contributed by atoms with E-state index < -0.39 is 22.5 Å². The molecule has 0 amide bonds. The fourth-order valence-corrected chi connectivity index (χ4v) is 4.81.